The SMILES string of the molecule is CC(C)Cc1cccc(-c2cc(CN)c3c(c2)CCO3)c1. The molecular formula is C19H23NO. The van der Waals surface area contributed by atoms with Crippen molar-refractivity contribution in [2.24, 2.45) is 11.7 Å². The van der Waals surface area contributed by atoms with E-state index < -0.39 is 0 Å². The van der Waals surface area contributed by atoms with Gasteiger partial charge in [-0.2, -0.15) is 0 Å². The van der Waals surface area contributed by atoms with Gasteiger partial charge in [0, 0.05) is 18.5 Å². The van der Waals surface area contributed by atoms with E-state index in [2.05, 4.69) is 50.2 Å². The van der Waals surface area contributed by atoms with Crippen LogP contribution >= 0.6 is 0 Å². The highest BCUT2D eigenvalue weighted by molar-refractivity contribution is 5.68. The maximum atomic E-state index is 5.89. The molecular weight excluding hydrogens is 258 g/mol. The highest BCUT2D eigenvalue weighted by atomic mass is 16.5. The molecule has 1 aliphatic heterocycles. The number of fused-ring (bicyclic) bond motifs is 1. The first kappa shape index (κ1) is 14.2. The monoisotopic (exact) mass is 281 g/mol. The van der Waals surface area contributed by atoms with Crippen LogP contribution in [0.4, 0.5) is 0 Å². The fourth-order valence-electron chi connectivity index (χ4n) is 3.06. The lowest BCUT2D eigenvalue weighted by molar-refractivity contribution is 0.353. The van der Waals surface area contributed by atoms with E-state index in [4.69, 9.17) is 10.5 Å². The molecule has 0 unspecified atom stereocenters. The van der Waals surface area contributed by atoms with Crippen molar-refractivity contribution in [1.82, 2.24) is 0 Å². The van der Waals surface area contributed by atoms with Gasteiger partial charge >= 0.3 is 0 Å². The average molecular weight is 281 g/mol. The first-order valence-corrected chi connectivity index (χ1v) is 7.75. The standard InChI is InChI=1S/C19H23NO/c1-13(2)8-14-4-3-5-15(9-14)17-10-16-6-7-21-19(16)18(11-17)12-20/h3-5,9-11,13H,6-8,12,20H2,1-2H3. The number of hydrogen-bond donors (Lipinski definition) is 1. The van der Waals surface area contributed by atoms with Gasteiger partial charge in [0.1, 0.15) is 5.75 Å². The first-order valence-electron chi connectivity index (χ1n) is 7.75. The Labute approximate surface area is 126 Å². The van der Waals surface area contributed by atoms with Gasteiger partial charge in [-0.1, -0.05) is 38.1 Å². The summed E-state index contributed by atoms with van der Waals surface area (Å²) in [6, 6.07) is 13.3. The second-order valence-electron chi connectivity index (χ2n) is 6.22. The van der Waals surface area contributed by atoms with Crippen molar-refractivity contribution < 1.29 is 4.74 Å². The molecule has 0 saturated heterocycles. The highest BCUT2D eigenvalue weighted by Crippen LogP contribution is 2.34. The molecule has 3 rings (SSSR count). The van der Waals surface area contributed by atoms with Crippen LogP contribution in [0.15, 0.2) is 36.4 Å². The molecule has 0 atom stereocenters. The minimum Gasteiger partial charge on any atom is -0.493 e. The summed E-state index contributed by atoms with van der Waals surface area (Å²) in [5, 5.41) is 0. The Morgan fingerprint density at radius 1 is 1.14 bits per heavy atom. The molecule has 0 bridgehead atoms. The van der Waals surface area contributed by atoms with E-state index in [1.54, 1.807) is 0 Å². The minimum atomic E-state index is 0.530. The van der Waals surface area contributed by atoms with E-state index in [-0.39, 0.29) is 0 Å². The van der Waals surface area contributed by atoms with Crippen LogP contribution in [0, 0.1) is 5.92 Å². The quantitative estimate of drug-likeness (QED) is 0.921. The summed E-state index contributed by atoms with van der Waals surface area (Å²) in [5.41, 5.74) is 12.2. The molecule has 0 radical (unpaired) electrons. The predicted molar refractivity (Wildman–Crippen MR) is 87.5 cm³/mol. The summed E-state index contributed by atoms with van der Waals surface area (Å²) in [6.07, 6.45) is 2.10. The van der Waals surface area contributed by atoms with E-state index in [9.17, 15) is 0 Å². The van der Waals surface area contributed by atoms with Crippen LogP contribution in [-0.4, -0.2) is 6.61 Å². The zero-order chi connectivity index (χ0) is 14.8. The Morgan fingerprint density at radius 2 is 2.00 bits per heavy atom. The Hall–Kier alpha value is -1.80. The molecule has 1 aliphatic rings. The summed E-state index contributed by atoms with van der Waals surface area (Å²) in [7, 11) is 0. The van der Waals surface area contributed by atoms with Gasteiger partial charge < -0.3 is 10.5 Å². The summed E-state index contributed by atoms with van der Waals surface area (Å²) in [4.78, 5) is 0. The Morgan fingerprint density at radius 3 is 2.76 bits per heavy atom. The average Bonchev–Trinajstić information content (AvgIpc) is 2.94. The Bertz CT molecular complexity index is 646. The lowest BCUT2D eigenvalue weighted by Crippen LogP contribution is -2.00. The number of ether oxygens (including phenoxy) is 1. The fraction of sp³-hybridized carbons (Fsp3) is 0.368. The number of rotatable bonds is 4. The van der Waals surface area contributed by atoms with E-state index in [0.717, 1.165) is 30.8 Å². The van der Waals surface area contributed by atoms with Crippen LogP contribution in [0.5, 0.6) is 5.75 Å². The number of nitrogens with two attached hydrogens (primary N) is 1. The van der Waals surface area contributed by atoms with Crippen LogP contribution in [0.2, 0.25) is 0 Å². The smallest absolute Gasteiger partial charge is 0.127 e. The van der Waals surface area contributed by atoms with E-state index in [1.165, 1.54) is 22.3 Å². The van der Waals surface area contributed by atoms with E-state index in [0.29, 0.717) is 12.5 Å². The summed E-state index contributed by atoms with van der Waals surface area (Å²) in [5.74, 6) is 1.69. The van der Waals surface area contributed by atoms with Crippen molar-refractivity contribution in [3.63, 3.8) is 0 Å². The molecule has 0 amide bonds. The van der Waals surface area contributed by atoms with Crippen molar-refractivity contribution in [2.75, 3.05) is 6.61 Å². The van der Waals surface area contributed by atoms with Crippen LogP contribution in [0.3, 0.4) is 0 Å². The zero-order valence-electron chi connectivity index (χ0n) is 12.9. The molecule has 2 nitrogen and oxygen atoms in total. The van der Waals surface area contributed by atoms with Gasteiger partial charge in [-0.3, -0.25) is 0 Å². The summed E-state index contributed by atoms with van der Waals surface area (Å²) >= 11 is 0. The largest absolute Gasteiger partial charge is 0.493 e. The van der Waals surface area contributed by atoms with Crippen LogP contribution in [0.25, 0.3) is 11.1 Å². The highest BCUT2D eigenvalue weighted by Gasteiger charge is 2.17. The zero-order valence-corrected chi connectivity index (χ0v) is 12.9. The third kappa shape index (κ3) is 2.96. The van der Waals surface area contributed by atoms with Crippen LogP contribution in [0.1, 0.15) is 30.5 Å². The van der Waals surface area contributed by atoms with Gasteiger partial charge in [-0.15, -0.1) is 0 Å². The summed E-state index contributed by atoms with van der Waals surface area (Å²) < 4.78 is 5.71. The van der Waals surface area contributed by atoms with Crippen LogP contribution < -0.4 is 10.5 Å². The Balaban J connectivity index is 2.00. The molecule has 2 aromatic carbocycles. The second kappa shape index (κ2) is 5.90. The molecule has 0 spiro atoms. The summed E-state index contributed by atoms with van der Waals surface area (Å²) in [6.45, 7) is 5.82. The molecule has 0 fully saturated rings. The van der Waals surface area contributed by atoms with Gasteiger partial charge in [0.15, 0.2) is 0 Å². The predicted octanol–water partition coefficient (Wildman–Crippen LogP) is 3.95. The van der Waals surface area contributed by atoms with E-state index in [1.807, 2.05) is 0 Å². The normalized spacial score (nSPS) is 13.3. The third-order valence-corrected chi connectivity index (χ3v) is 3.98. The molecule has 0 aliphatic carbocycles. The maximum absolute atomic E-state index is 5.89. The molecule has 0 aromatic heterocycles. The topological polar surface area (TPSA) is 35.2 Å². The maximum Gasteiger partial charge on any atom is 0.127 e. The lowest BCUT2D eigenvalue weighted by atomic mass is 9.95. The third-order valence-electron chi connectivity index (χ3n) is 3.98. The van der Waals surface area contributed by atoms with Gasteiger partial charge in [0.2, 0.25) is 0 Å². The van der Waals surface area contributed by atoms with E-state index >= 15 is 0 Å². The van der Waals surface area contributed by atoms with Gasteiger partial charge in [0.25, 0.3) is 0 Å². The first-order chi connectivity index (χ1) is 10.2. The van der Waals surface area contributed by atoms with Gasteiger partial charge in [0.05, 0.1) is 6.61 Å². The molecule has 2 aromatic rings. The lowest BCUT2D eigenvalue weighted by Gasteiger charge is -2.12. The second-order valence-corrected chi connectivity index (χ2v) is 6.22. The van der Waals surface area contributed by atoms with Crippen molar-refractivity contribution in [3.05, 3.63) is 53.1 Å². The van der Waals surface area contributed by atoms with Crippen molar-refractivity contribution in [1.29, 1.82) is 0 Å². The minimum absolute atomic E-state index is 0.530. The Kier molecular flexibility index (Phi) is 3.98. The molecule has 21 heavy (non-hydrogen) atoms. The van der Waals surface area contributed by atoms with Crippen molar-refractivity contribution in [3.8, 4) is 16.9 Å². The molecule has 1 heterocycles. The number of hydrogen-bond acceptors (Lipinski definition) is 2. The molecule has 2 heteroatoms. The van der Waals surface area contributed by atoms with Crippen molar-refractivity contribution in [2.45, 2.75) is 33.2 Å². The van der Waals surface area contributed by atoms with Gasteiger partial charge in [-0.05, 0) is 46.7 Å². The fourth-order valence-corrected chi connectivity index (χ4v) is 3.06. The molecule has 2 N–H and O–H groups in total. The van der Waals surface area contributed by atoms with Crippen LogP contribution in [-0.2, 0) is 19.4 Å². The van der Waals surface area contributed by atoms with Gasteiger partial charge in [-0.25, -0.2) is 0 Å². The molecule has 0 saturated carbocycles. The number of benzene rings is 2. The molecule has 110 valence electrons. The van der Waals surface area contributed by atoms with Crippen molar-refractivity contribution >= 4 is 0 Å².